The van der Waals surface area contributed by atoms with Gasteiger partial charge in [0.2, 0.25) is 0 Å². The van der Waals surface area contributed by atoms with Crippen LogP contribution in [0.3, 0.4) is 0 Å². The molecular weight excluding hydrogens is 486 g/mol. The Balaban J connectivity index is 1.39. The minimum Gasteiger partial charge on any atom is -0.490 e. The Morgan fingerprint density at radius 1 is 1.47 bits per heavy atom. The van der Waals surface area contributed by atoms with E-state index in [4.69, 9.17) is 26.5 Å². The average Bonchev–Trinajstić information content (AvgIpc) is 3.06. The zero-order valence-corrected chi connectivity index (χ0v) is 19.4. The van der Waals surface area contributed by atoms with Crippen LogP contribution in [0.4, 0.5) is 5.13 Å². The molecular formula is C19H21N7O6S2. The predicted molar refractivity (Wildman–Crippen MR) is 123 cm³/mol. The number of nitrogen functional groups attached to an aromatic ring is 2. The highest BCUT2D eigenvalue weighted by Gasteiger charge is 2.78. The van der Waals surface area contributed by atoms with Crippen molar-refractivity contribution in [3.8, 4) is 5.75 Å². The lowest BCUT2D eigenvalue weighted by atomic mass is 10.0. The number of rotatable bonds is 10. The number of benzene rings is 1. The van der Waals surface area contributed by atoms with E-state index in [1.54, 1.807) is 25.1 Å². The normalized spacial score (nSPS) is 23.1. The number of aliphatic hydroxyl groups is 1. The number of anilines is 1. The Labute approximate surface area is 199 Å². The van der Waals surface area contributed by atoms with Crippen molar-refractivity contribution in [1.82, 2.24) is 14.6 Å². The van der Waals surface area contributed by atoms with Gasteiger partial charge in [0.1, 0.15) is 29.9 Å². The Hall–Kier alpha value is -3.56. The molecule has 0 bridgehead atoms. The summed E-state index contributed by atoms with van der Waals surface area (Å²) < 4.78 is 18.6. The Morgan fingerprint density at radius 2 is 2.24 bits per heavy atom. The van der Waals surface area contributed by atoms with Crippen LogP contribution in [0.2, 0.25) is 0 Å². The van der Waals surface area contributed by atoms with Crippen LogP contribution in [0.1, 0.15) is 23.7 Å². The monoisotopic (exact) mass is 507 g/mol. The minimum atomic E-state index is -1.46. The lowest BCUT2D eigenvalue weighted by molar-refractivity contribution is -0.139. The SMILES string of the molecule is C[C@]12[C@@H](NC(=O)/C(=N\OCCOc3ccc(C(=N)N)cc3CO)c3csc(N)n3)C(=O)N1S2=O. The summed E-state index contributed by atoms with van der Waals surface area (Å²) in [6.07, 6.45) is 0. The number of amidine groups is 1. The van der Waals surface area contributed by atoms with Crippen LogP contribution in [0.5, 0.6) is 5.75 Å². The first kappa shape index (κ1) is 23.6. The number of ether oxygens (including phenoxy) is 1. The van der Waals surface area contributed by atoms with Gasteiger partial charge in [-0.15, -0.1) is 11.3 Å². The third-order valence-electron chi connectivity index (χ3n) is 5.26. The molecule has 1 unspecified atom stereocenters. The largest absolute Gasteiger partial charge is 0.490 e. The van der Waals surface area contributed by atoms with Gasteiger partial charge in [0.05, 0.1) is 6.61 Å². The molecule has 2 amide bonds. The lowest BCUT2D eigenvalue weighted by Crippen LogP contribution is -2.62. The molecule has 15 heteroatoms. The Morgan fingerprint density at radius 3 is 2.82 bits per heavy atom. The molecule has 0 radical (unpaired) electrons. The van der Waals surface area contributed by atoms with Gasteiger partial charge in [0, 0.05) is 16.5 Å². The molecule has 7 N–H and O–H groups in total. The molecule has 34 heavy (non-hydrogen) atoms. The molecule has 2 aromatic rings. The molecule has 1 aromatic heterocycles. The molecule has 3 atom stereocenters. The number of carbonyl (C=O) groups excluding carboxylic acids is 2. The van der Waals surface area contributed by atoms with Crippen LogP contribution >= 0.6 is 11.3 Å². The summed E-state index contributed by atoms with van der Waals surface area (Å²) in [7, 11) is -1.46. The molecule has 3 heterocycles. The smallest absolute Gasteiger partial charge is 0.276 e. The zero-order chi connectivity index (χ0) is 24.6. The number of oxime groups is 1. The van der Waals surface area contributed by atoms with Crippen molar-refractivity contribution in [3.05, 3.63) is 40.4 Å². The maximum atomic E-state index is 12.8. The van der Waals surface area contributed by atoms with Crippen molar-refractivity contribution in [3.63, 3.8) is 0 Å². The van der Waals surface area contributed by atoms with Crippen LogP contribution in [0, 0.1) is 5.41 Å². The van der Waals surface area contributed by atoms with Gasteiger partial charge in [-0.3, -0.25) is 15.0 Å². The number of thiazole rings is 1. The summed E-state index contributed by atoms with van der Waals surface area (Å²) in [5, 5.41) is 25.1. The maximum absolute atomic E-state index is 12.8. The molecule has 4 rings (SSSR count). The summed E-state index contributed by atoms with van der Waals surface area (Å²) in [6.45, 7) is 1.27. The number of hydrogen-bond donors (Lipinski definition) is 5. The number of nitrogens with two attached hydrogens (primary N) is 2. The number of carbonyl (C=O) groups is 2. The van der Waals surface area contributed by atoms with Crippen molar-refractivity contribution >= 4 is 50.8 Å². The summed E-state index contributed by atoms with van der Waals surface area (Å²) in [4.78, 5) is 33.2. The zero-order valence-electron chi connectivity index (χ0n) is 17.8. The number of hydrogen-bond acceptors (Lipinski definition) is 11. The molecule has 0 saturated carbocycles. The fraction of sp³-hybridized carbons (Fsp3) is 0.316. The van der Waals surface area contributed by atoms with E-state index in [1.807, 2.05) is 0 Å². The van der Waals surface area contributed by atoms with E-state index in [2.05, 4.69) is 15.5 Å². The summed E-state index contributed by atoms with van der Waals surface area (Å²) in [5.41, 5.74) is 12.0. The van der Waals surface area contributed by atoms with E-state index in [-0.39, 0.29) is 42.2 Å². The van der Waals surface area contributed by atoms with Gasteiger partial charge >= 0.3 is 0 Å². The average molecular weight is 508 g/mol. The summed E-state index contributed by atoms with van der Waals surface area (Å²) in [5.74, 6) is -0.914. The third-order valence-corrected chi connectivity index (χ3v) is 7.77. The Bertz CT molecular complexity index is 1230. The number of nitrogens with one attached hydrogen (secondary N) is 2. The van der Waals surface area contributed by atoms with E-state index >= 15 is 0 Å². The molecule has 13 nitrogen and oxygen atoms in total. The third kappa shape index (κ3) is 4.08. The van der Waals surface area contributed by atoms with E-state index in [9.17, 15) is 18.9 Å². The van der Waals surface area contributed by atoms with Crippen LogP contribution in [0.15, 0.2) is 28.7 Å². The van der Waals surface area contributed by atoms with Gasteiger partial charge in [-0.05, 0) is 25.1 Å². The molecule has 0 aliphatic carbocycles. The van der Waals surface area contributed by atoms with Crippen molar-refractivity contribution < 1.29 is 28.5 Å². The first-order chi connectivity index (χ1) is 16.2. The number of fused-ring (bicyclic) bond motifs is 1. The fourth-order valence-electron chi connectivity index (χ4n) is 3.36. The van der Waals surface area contributed by atoms with Gasteiger partial charge in [-0.1, -0.05) is 5.16 Å². The van der Waals surface area contributed by atoms with Crippen molar-refractivity contribution in [2.75, 3.05) is 18.9 Å². The fourth-order valence-corrected chi connectivity index (χ4v) is 5.34. The van der Waals surface area contributed by atoms with Crippen LogP contribution < -0.4 is 21.5 Å². The molecule has 1 aromatic carbocycles. The van der Waals surface area contributed by atoms with Gasteiger partial charge < -0.3 is 31.5 Å². The first-order valence-corrected chi connectivity index (χ1v) is 11.9. The van der Waals surface area contributed by atoms with Gasteiger partial charge in [-0.25, -0.2) is 13.5 Å². The second-order valence-electron chi connectivity index (χ2n) is 7.43. The van der Waals surface area contributed by atoms with Gasteiger partial charge in [-0.2, -0.15) is 0 Å². The number of nitrogens with zero attached hydrogens (tertiary/aromatic N) is 3. The quantitative estimate of drug-likeness (QED) is 0.0668. The number of β-lactam (4-membered cyclic amide) rings is 1. The highest BCUT2D eigenvalue weighted by atomic mass is 32.2. The lowest BCUT2D eigenvalue weighted by Gasteiger charge is -2.29. The topological polar surface area (TPSA) is 206 Å². The summed E-state index contributed by atoms with van der Waals surface area (Å²) >= 11 is 1.10. The Kier molecular flexibility index (Phi) is 6.24. The second kappa shape index (κ2) is 9.00. The predicted octanol–water partition coefficient (Wildman–Crippen LogP) is -0.978. The molecule has 2 aliphatic rings. The maximum Gasteiger partial charge on any atom is 0.276 e. The van der Waals surface area contributed by atoms with Crippen LogP contribution in [-0.4, -0.2) is 66.1 Å². The molecule has 2 aliphatic heterocycles. The van der Waals surface area contributed by atoms with Crippen LogP contribution in [0.25, 0.3) is 0 Å². The standard InChI is InChI=1S/C19H21N7O6S2/c1-19-14(17(29)26(19)34(19)30)24-16(28)13(11-8-33-18(22)23-11)25-32-5-4-31-12-3-2-9(15(20)21)6-10(12)7-27/h2-3,6,8,14,27H,4-5,7H2,1H3,(H3,20,21)(H2,22,23)(H,24,28)/b25-13-/t14-,19-,26?,34?/m0/s1. The highest BCUT2D eigenvalue weighted by molar-refractivity contribution is 7.92. The molecule has 180 valence electrons. The van der Waals surface area contributed by atoms with Crippen LogP contribution in [-0.2, 0) is 32.0 Å². The molecule has 2 saturated heterocycles. The first-order valence-electron chi connectivity index (χ1n) is 9.87. The number of aromatic nitrogens is 1. The van der Waals surface area contributed by atoms with E-state index in [0.29, 0.717) is 16.9 Å². The van der Waals surface area contributed by atoms with Crippen molar-refractivity contribution in [1.29, 1.82) is 5.41 Å². The number of aliphatic hydroxyl groups excluding tert-OH is 1. The van der Waals surface area contributed by atoms with Gasteiger partial charge in [0.15, 0.2) is 33.3 Å². The summed E-state index contributed by atoms with van der Waals surface area (Å²) in [6, 6.07) is 3.77. The highest BCUT2D eigenvalue weighted by Crippen LogP contribution is 2.52. The van der Waals surface area contributed by atoms with Gasteiger partial charge in [0.25, 0.3) is 11.8 Å². The van der Waals surface area contributed by atoms with E-state index < -0.39 is 33.7 Å². The van der Waals surface area contributed by atoms with E-state index in [0.717, 1.165) is 11.3 Å². The molecule has 2 fully saturated rings. The second-order valence-corrected chi connectivity index (χ2v) is 10.0. The van der Waals surface area contributed by atoms with Crippen molar-refractivity contribution in [2.24, 2.45) is 10.9 Å². The van der Waals surface area contributed by atoms with Crippen molar-refractivity contribution in [2.45, 2.75) is 24.4 Å². The van der Waals surface area contributed by atoms with E-state index in [1.165, 1.54) is 9.69 Å². The minimum absolute atomic E-state index is 0.0249. The number of amides is 2. The molecule has 0 spiro atoms.